The van der Waals surface area contributed by atoms with Crippen LogP contribution in [-0.2, 0) is 5.54 Å². The smallest absolute Gasteiger partial charge is 0.0741 e. The minimum Gasteiger partial charge on any atom is -0.301 e. The third kappa shape index (κ3) is 6.80. The van der Waals surface area contributed by atoms with Gasteiger partial charge in [-0.3, -0.25) is 4.99 Å². The average molecular weight is 514 g/mol. The van der Waals surface area contributed by atoms with Crippen LogP contribution in [-0.4, -0.2) is 12.4 Å². The first-order chi connectivity index (χ1) is 18.9. The first-order valence-corrected chi connectivity index (χ1v) is 13.8. The van der Waals surface area contributed by atoms with Gasteiger partial charge in [0.2, 0.25) is 0 Å². The van der Waals surface area contributed by atoms with Crippen LogP contribution < -0.4 is 5.43 Å². The molecular weight excluding hydrogens is 474 g/mol. The van der Waals surface area contributed by atoms with Crippen LogP contribution >= 0.6 is 0 Å². The van der Waals surface area contributed by atoms with E-state index in [1.54, 1.807) is 0 Å². The van der Waals surface area contributed by atoms with E-state index >= 15 is 0 Å². The van der Waals surface area contributed by atoms with Gasteiger partial charge in [0.05, 0.1) is 11.2 Å². The van der Waals surface area contributed by atoms with E-state index in [0.29, 0.717) is 0 Å². The van der Waals surface area contributed by atoms with Crippen LogP contribution in [0.15, 0.2) is 119 Å². The van der Waals surface area contributed by atoms with Gasteiger partial charge in [-0.15, -0.1) is 0 Å². The van der Waals surface area contributed by atoms with E-state index < -0.39 is 0 Å². The standard InChI is InChI=1S/C36H39N3/c1-6-7-25-34(38-35(29-19-12-9-13-20-29)27(2)28-17-10-8-11-18-28)33-24-15-14-23-32(33)30-21-16-22-31(26-30)36(3,4)39-37-5/h8-24,26,39H,5-7,25H2,1-4H3/b35-27+,38-34?. The van der Waals surface area contributed by atoms with Gasteiger partial charge in [-0.25, -0.2) is 0 Å². The van der Waals surface area contributed by atoms with Gasteiger partial charge < -0.3 is 5.43 Å². The predicted molar refractivity (Wildman–Crippen MR) is 169 cm³/mol. The summed E-state index contributed by atoms with van der Waals surface area (Å²) in [5, 5.41) is 3.94. The Bertz CT molecular complexity index is 1450. The van der Waals surface area contributed by atoms with Gasteiger partial charge >= 0.3 is 0 Å². The highest BCUT2D eigenvalue weighted by atomic mass is 15.3. The van der Waals surface area contributed by atoms with Crippen molar-refractivity contribution >= 4 is 23.7 Å². The summed E-state index contributed by atoms with van der Waals surface area (Å²) >= 11 is 0. The maximum atomic E-state index is 5.48. The van der Waals surface area contributed by atoms with Crippen molar-refractivity contribution in [2.45, 2.75) is 52.5 Å². The molecule has 0 aromatic heterocycles. The zero-order valence-electron chi connectivity index (χ0n) is 23.6. The zero-order chi connectivity index (χ0) is 27.7. The highest BCUT2D eigenvalue weighted by molar-refractivity contribution is 6.09. The van der Waals surface area contributed by atoms with Crippen LogP contribution in [0.2, 0.25) is 0 Å². The summed E-state index contributed by atoms with van der Waals surface area (Å²) in [6.07, 6.45) is 3.08. The Morgan fingerprint density at radius 2 is 1.44 bits per heavy atom. The molecule has 198 valence electrons. The van der Waals surface area contributed by atoms with Crippen LogP contribution in [0.3, 0.4) is 0 Å². The van der Waals surface area contributed by atoms with E-state index in [1.807, 2.05) is 0 Å². The molecule has 0 saturated heterocycles. The summed E-state index contributed by atoms with van der Waals surface area (Å²) in [7, 11) is 0. The molecule has 0 amide bonds. The molecule has 0 aliphatic rings. The Balaban J connectivity index is 1.91. The van der Waals surface area contributed by atoms with Crippen molar-refractivity contribution in [3.63, 3.8) is 0 Å². The monoisotopic (exact) mass is 513 g/mol. The van der Waals surface area contributed by atoms with Gasteiger partial charge in [0, 0.05) is 23.6 Å². The Hall–Kier alpha value is -4.24. The van der Waals surface area contributed by atoms with Gasteiger partial charge in [-0.2, -0.15) is 5.10 Å². The van der Waals surface area contributed by atoms with Crippen LogP contribution in [0, 0.1) is 0 Å². The molecule has 0 bridgehead atoms. The van der Waals surface area contributed by atoms with Gasteiger partial charge in [0.15, 0.2) is 0 Å². The first-order valence-electron chi connectivity index (χ1n) is 13.8. The van der Waals surface area contributed by atoms with Crippen molar-refractivity contribution in [1.82, 2.24) is 5.43 Å². The second-order valence-electron chi connectivity index (χ2n) is 10.4. The van der Waals surface area contributed by atoms with Crippen molar-refractivity contribution in [3.8, 4) is 11.1 Å². The number of allylic oxidation sites excluding steroid dienone is 1. The molecule has 39 heavy (non-hydrogen) atoms. The molecule has 1 N–H and O–H groups in total. The summed E-state index contributed by atoms with van der Waals surface area (Å²) < 4.78 is 0. The molecule has 3 nitrogen and oxygen atoms in total. The molecule has 4 rings (SSSR count). The molecule has 0 fully saturated rings. The number of hydrogen-bond donors (Lipinski definition) is 1. The molecule has 0 saturated carbocycles. The van der Waals surface area contributed by atoms with Gasteiger partial charge in [-0.1, -0.05) is 116 Å². The fraction of sp³-hybridized carbons (Fsp3) is 0.222. The van der Waals surface area contributed by atoms with Crippen molar-refractivity contribution in [1.29, 1.82) is 0 Å². The Morgan fingerprint density at radius 3 is 2.10 bits per heavy atom. The second kappa shape index (κ2) is 13.0. The van der Waals surface area contributed by atoms with Crippen LogP contribution in [0.1, 0.15) is 69.2 Å². The molecular formula is C36H39N3. The minimum atomic E-state index is -0.332. The molecule has 0 radical (unpaired) electrons. The van der Waals surface area contributed by atoms with Gasteiger partial charge in [0.25, 0.3) is 0 Å². The molecule has 3 heteroatoms. The summed E-state index contributed by atoms with van der Waals surface area (Å²) in [4.78, 5) is 5.48. The number of nitrogens with one attached hydrogen (secondary N) is 1. The topological polar surface area (TPSA) is 36.8 Å². The van der Waals surface area contributed by atoms with Crippen LogP contribution in [0.25, 0.3) is 22.4 Å². The number of unbranched alkanes of at least 4 members (excludes halogenated alkanes) is 1. The third-order valence-electron chi connectivity index (χ3n) is 7.11. The molecule has 0 unspecified atom stereocenters. The third-order valence-corrected chi connectivity index (χ3v) is 7.11. The van der Waals surface area contributed by atoms with Gasteiger partial charge in [0.1, 0.15) is 0 Å². The molecule has 4 aromatic rings. The first kappa shape index (κ1) is 27.8. The Morgan fingerprint density at radius 1 is 0.795 bits per heavy atom. The van der Waals surface area contributed by atoms with Crippen LogP contribution in [0.4, 0.5) is 0 Å². The lowest BCUT2D eigenvalue weighted by molar-refractivity contribution is 0.419. The summed E-state index contributed by atoms with van der Waals surface area (Å²) in [5.41, 5.74) is 13.1. The molecule has 0 heterocycles. The molecule has 0 atom stereocenters. The van der Waals surface area contributed by atoms with Crippen molar-refractivity contribution in [2.24, 2.45) is 10.1 Å². The SMILES string of the molecule is C=NNC(C)(C)c1cccc(-c2ccccc2C(CCCC)=N/C(=C(\C)c2ccccc2)c2ccccc2)c1. The largest absolute Gasteiger partial charge is 0.301 e. The summed E-state index contributed by atoms with van der Waals surface area (Å²) in [6.45, 7) is 12.3. The number of nitrogens with zero attached hydrogens (tertiary/aromatic N) is 2. The van der Waals surface area contributed by atoms with E-state index in [2.05, 4.69) is 154 Å². The fourth-order valence-corrected chi connectivity index (χ4v) is 4.84. The van der Waals surface area contributed by atoms with Crippen LogP contribution in [0.5, 0.6) is 0 Å². The van der Waals surface area contributed by atoms with Gasteiger partial charge in [-0.05, 0) is 67.5 Å². The van der Waals surface area contributed by atoms with E-state index in [1.165, 1.54) is 22.3 Å². The lowest BCUT2D eigenvalue weighted by Crippen LogP contribution is -2.32. The average Bonchev–Trinajstić information content (AvgIpc) is 2.98. The summed E-state index contributed by atoms with van der Waals surface area (Å²) in [6, 6.07) is 38.4. The minimum absolute atomic E-state index is 0.332. The molecule has 0 aliphatic heterocycles. The normalized spacial score (nSPS) is 12.6. The maximum Gasteiger partial charge on any atom is 0.0741 e. The Kier molecular flexibility index (Phi) is 9.27. The second-order valence-corrected chi connectivity index (χ2v) is 10.4. The quantitative estimate of drug-likeness (QED) is 0.121. The zero-order valence-corrected chi connectivity index (χ0v) is 23.6. The van der Waals surface area contributed by atoms with E-state index in [9.17, 15) is 0 Å². The highest BCUT2D eigenvalue weighted by Gasteiger charge is 2.21. The lowest BCUT2D eigenvalue weighted by atomic mass is 9.89. The van der Waals surface area contributed by atoms with Crippen molar-refractivity contribution in [2.75, 3.05) is 0 Å². The van der Waals surface area contributed by atoms with Crippen molar-refractivity contribution < 1.29 is 0 Å². The predicted octanol–water partition coefficient (Wildman–Crippen LogP) is 9.36. The molecule has 0 spiro atoms. The van der Waals surface area contributed by atoms with E-state index in [-0.39, 0.29) is 5.54 Å². The summed E-state index contributed by atoms with van der Waals surface area (Å²) in [5.74, 6) is 0. The number of rotatable bonds is 11. The lowest BCUT2D eigenvalue weighted by Gasteiger charge is -2.25. The fourth-order valence-electron chi connectivity index (χ4n) is 4.84. The number of aliphatic imine (C=N–C) groups is 1. The molecule has 0 aliphatic carbocycles. The number of hydrogen-bond acceptors (Lipinski definition) is 3. The number of benzene rings is 4. The Labute approximate surface area is 234 Å². The van der Waals surface area contributed by atoms with Crippen molar-refractivity contribution in [3.05, 3.63) is 131 Å². The molecule has 4 aromatic carbocycles. The highest BCUT2D eigenvalue weighted by Crippen LogP contribution is 2.33. The van der Waals surface area contributed by atoms with E-state index in [0.717, 1.165) is 47.4 Å². The maximum absolute atomic E-state index is 5.48. The number of hydrazone groups is 1. The van der Waals surface area contributed by atoms with E-state index in [4.69, 9.17) is 4.99 Å².